The van der Waals surface area contributed by atoms with Crippen LogP contribution in [0.15, 0.2) is 39.4 Å². The molecule has 0 aliphatic heterocycles. The largest absolute Gasteiger partial charge is 0.459 e. The first-order chi connectivity index (χ1) is 13.5. The lowest BCUT2D eigenvalue weighted by molar-refractivity contribution is -0.907. The molecular formula is C21H27N4O3+. The Morgan fingerprint density at radius 1 is 1.18 bits per heavy atom. The van der Waals surface area contributed by atoms with E-state index in [1.54, 1.807) is 18.4 Å². The van der Waals surface area contributed by atoms with Gasteiger partial charge in [-0.2, -0.15) is 0 Å². The number of aromatic nitrogens is 2. The van der Waals surface area contributed by atoms with Crippen LogP contribution < -0.4 is 10.2 Å². The van der Waals surface area contributed by atoms with Gasteiger partial charge < -0.3 is 19.1 Å². The second kappa shape index (κ2) is 8.84. The molecule has 0 spiro atoms. The fourth-order valence-corrected chi connectivity index (χ4v) is 3.42. The lowest BCUT2D eigenvalue weighted by Gasteiger charge is -2.18. The highest BCUT2D eigenvalue weighted by Crippen LogP contribution is 2.21. The number of anilines is 1. The van der Waals surface area contributed by atoms with Gasteiger partial charge in [0.25, 0.3) is 17.7 Å². The van der Waals surface area contributed by atoms with Gasteiger partial charge in [0.15, 0.2) is 18.8 Å². The Hall–Kier alpha value is -2.93. The van der Waals surface area contributed by atoms with Gasteiger partial charge in [-0.1, -0.05) is 24.6 Å². The molecule has 0 radical (unpaired) electrons. The van der Waals surface area contributed by atoms with Crippen molar-refractivity contribution in [2.24, 2.45) is 0 Å². The van der Waals surface area contributed by atoms with Crippen LogP contribution in [-0.4, -0.2) is 29.2 Å². The number of hydrogen-bond donors (Lipinski definition) is 2. The predicted octanol–water partition coefficient (Wildman–Crippen LogP) is 2.69. The van der Waals surface area contributed by atoms with Crippen molar-refractivity contribution in [3.05, 3.63) is 53.1 Å². The molecule has 0 aliphatic rings. The summed E-state index contributed by atoms with van der Waals surface area (Å²) < 4.78 is 11.0. The first-order valence-electron chi connectivity index (χ1n) is 9.53. The minimum atomic E-state index is -0.0238. The van der Waals surface area contributed by atoms with E-state index in [4.69, 9.17) is 8.83 Å². The molecule has 1 aromatic carbocycles. The summed E-state index contributed by atoms with van der Waals surface area (Å²) in [4.78, 5) is 13.7. The molecule has 0 saturated heterocycles. The fraction of sp³-hybridized carbons (Fsp3) is 0.381. The molecule has 1 unspecified atom stereocenters. The van der Waals surface area contributed by atoms with Gasteiger partial charge in [-0.25, -0.2) is 0 Å². The number of rotatable bonds is 8. The molecule has 0 aliphatic carbocycles. The number of benzene rings is 1. The van der Waals surface area contributed by atoms with Crippen LogP contribution in [0.2, 0.25) is 0 Å². The number of nitrogens with one attached hydrogen (secondary N) is 2. The summed E-state index contributed by atoms with van der Waals surface area (Å²) in [5, 5.41) is 11.2. The first-order valence-corrected chi connectivity index (χ1v) is 9.53. The Labute approximate surface area is 164 Å². The summed E-state index contributed by atoms with van der Waals surface area (Å²) in [7, 11) is 0. The number of carbonyl (C=O) groups excluding carboxylic acids is 1. The van der Waals surface area contributed by atoms with E-state index in [0.717, 1.165) is 34.7 Å². The van der Waals surface area contributed by atoms with E-state index in [-0.39, 0.29) is 5.91 Å². The molecule has 7 nitrogen and oxygen atoms in total. The van der Waals surface area contributed by atoms with Crippen molar-refractivity contribution in [2.75, 3.05) is 18.4 Å². The molecule has 1 atom stereocenters. The molecular weight excluding hydrogens is 356 g/mol. The fourth-order valence-electron chi connectivity index (χ4n) is 3.42. The van der Waals surface area contributed by atoms with Crippen LogP contribution in [-0.2, 0) is 11.3 Å². The Morgan fingerprint density at radius 2 is 1.93 bits per heavy atom. The molecule has 1 amide bonds. The van der Waals surface area contributed by atoms with Gasteiger partial charge in [-0.15, -0.1) is 10.2 Å². The number of amides is 1. The first kappa shape index (κ1) is 19.8. The standard InChI is InChI=1S/C21H26N4O3/c1-5-8-25(13-19-23-24-21(28-19)17-7-6-9-27-17)12-18(26)22-20-15(3)10-14(2)11-16(20)4/h6-7,9-11H,5,8,12-13H2,1-4H3,(H,22,26)/p+1. The van der Waals surface area contributed by atoms with E-state index in [2.05, 4.69) is 41.5 Å². The normalized spacial score (nSPS) is 12.1. The number of quaternary nitrogens is 1. The van der Waals surface area contributed by atoms with Gasteiger partial charge in [0.2, 0.25) is 0 Å². The van der Waals surface area contributed by atoms with Crippen molar-refractivity contribution in [3.63, 3.8) is 0 Å². The summed E-state index contributed by atoms with van der Waals surface area (Å²) in [5.74, 6) is 1.36. The van der Waals surface area contributed by atoms with E-state index in [1.165, 1.54) is 5.56 Å². The van der Waals surface area contributed by atoms with Crippen LogP contribution in [0.4, 0.5) is 5.69 Å². The van der Waals surface area contributed by atoms with Crippen molar-refractivity contribution in [3.8, 4) is 11.7 Å². The van der Waals surface area contributed by atoms with E-state index in [9.17, 15) is 4.79 Å². The summed E-state index contributed by atoms with van der Waals surface area (Å²) >= 11 is 0. The highest BCUT2D eigenvalue weighted by atomic mass is 16.4. The van der Waals surface area contributed by atoms with Gasteiger partial charge in [-0.05, 0) is 50.5 Å². The molecule has 2 aromatic heterocycles. The topological polar surface area (TPSA) is 85.6 Å². The lowest BCUT2D eigenvalue weighted by atomic mass is 10.1. The lowest BCUT2D eigenvalue weighted by Crippen LogP contribution is -3.11. The molecule has 2 N–H and O–H groups in total. The van der Waals surface area contributed by atoms with E-state index >= 15 is 0 Å². The number of furan rings is 1. The molecule has 0 fully saturated rings. The third-order valence-corrected chi connectivity index (χ3v) is 4.56. The van der Waals surface area contributed by atoms with Crippen molar-refractivity contribution in [1.82, 2.24) is 10.2 Å². The summed E-state index contributed by atoms with van der Waals surface area (Å²) in [6, 6.07) is 7.70. The Balaban J connectivity index is 1.65. The summed E-state index contributed by atoms with van der Waals surface area (Å²) in [6.45, 7) is 9.83. The summed E-state index contributed by atoms with van der Waals surface area (Å²) in [5.41, 5.74) is 4.23. The second-order valence-electron chi connectivity index (χ2n) is 7.15. The average Bonchev–Trinajstić information content (AvgIpc) is 3.29. The van der Waals surface area contributed by atoms with E-state index in [1.807, 2.05) is 13.8 Å². The van der Waals surface area contributed by atoms with Crippen LogP contribution in [0.5, 0.6) is 0 Å². The average molecular weight is 383 g/mol. The van der Waals surface area contributed by atoms with Crippen LogP contribution in [0.1, 0.15) is 35.9 Å². The minimum absolute atomic E-state index is 0.0238. The summed E-state index contributed by atoms with van der Waals surface area (Å²) in [6.07, 6.45) is 2.51. The quantitative estimate of drug-likeness (QED) is 0.625. The van der Waals surface area contributed by atoms with Gasteiger partial charge in [-0.3, -0.25) is 4.79 Å². The van der Waals surface area contributed by atoms with Gasteiger partial charge in [0.1, 0.15) is 0 Å². The SMILES string of the molecule is CCC[NH+](CC(=O)Nc1c(C)cc(C)cc1C)Cc1nnc(-c2ccco2)o1. The zero-order chi connectivity index (χ0) is 20.1. The molecule has 3 aromatic rings. The Kier molecular flexibility index (Phi) is 6.26. The van der Waals surface area contributed by atoms with Crippen molar-refractivity contribution in [2.45, 2.75) is 40.7 Å². The highest BCUT2D eigenvalue weighted by Gasteiger charge is 2.20. The van der Waals surface area contributed by atoms with Crippen molar-refractivity contribution < 1.29 is 18.5 Å². The highest BCUT2D eigenvalue weighted by molar-refractivity contribution is 5.93. The maximum absolute atomic E-state index is 12.7. The molecule has 0 saturated carbocycles. The molecule has 2 heterocycles. The third kappa shape index (κ3) is 4.86. The third-order valence-electron chi connectivity index (χ3n) is 4.56. The molecule has 0 bridgehead atoms. The predicted molar refractivity (Wildman–Crippen MR) is 106 cm³/mol. The smallest absolute Gasteiger partial charge is 0.283 e. The van der Waals surface area contributed by atoms with Crippen molar-refractivity contribution in [1.29, 1.82) is 0 Å². The zero-order valence-electron chi connectivity index (χ0n) is 16.8. The maximum atomic E-state index is 12.7. The van der Waals surface area contributed by atoms with Crippen molar-refractivity contribution >= 4 is 11.6 Å². The zero-order valence-corrected chi connectivity index (χ0v) is 16.8. The maximum Gasteiger partial charge on any atom is 0.283 e. The van der Waals surface area contributed by atoms with Crippen LogP contribution in [0, 0.1) is 20.8 Å². The van der Waals surface area contributed by atoms with E-state index in [0.29, 0.717) is 30.6 Å². The molecule has 28 heavy (non-hydrogen) atoms. The number of aryl methyl sites for hydroxylation is 3. The van der Waals surface area contributed by atoms with E-state index < -0.39 is 0 Å². The van der Waals surface area contributed by atoms with Crippen LogP contribution >= 0.6 is 0 Å². The van der Waals surface area contributed by atoms with Gasteiger partial charge in [0.05, 0.1) is 12.8 Å². The molecule has 3 rings (SSSR count). The monoisotopic (exact) mass is 383 g/mol. The van der Waals surface area contributed by atoms with Gasteiger partial charge in [0, 0.05) is 5.69 Å². The minimum Gasteiger partial charge on any atom is -0.459 e. The van der Waals surface area contributed by atoms with Crippen LogP contribution in [0.3, 0.4) is 0 Å². The van der Waals surface area contributed by atoms with Crippen LogP contribution in [0.25, 0.3) is 11.7 Å². The number of carbonyl (C=O) groups is 1. The Morgan fingerprint density at radius 3 is 2.57 bits per heavy atom. The number of nitrogens with zero attached hydrogens (tertiary/aromatic N) is 2. The molecule has 148 valence electrons. The molecule has 7 heteroatoms. The Bertz CT molecular complexity index is 908. The second-order valence-corrected chi connectivity index (χ2v) is 7.15. The number of hydrogen-bond acceptors (Lipinski definition) is 5. The van der Waals surface area contributed by atoms with Gasteiger partial charge >= 0.3 is 0 Å².